The molecule has 2 amide bonds. The first-order chi connectivity index (χ1) is 10.5. The van der Waals surface area contributed by atoms with Crippen LogP contribution in [0.3, 0.4) is 0 Å². The standard InChI is InChI=1S/C15H24N4O2S/c1-10(2)12-9-22-15(18-12)11-4-3-5-19(8-11)14(21)7-17-13(20)6-16/h9-11H,3-8,16H2,1-2H3,(H,17,20). The van der Waals surface area contributed by atoms with Gasteiger partial charge in [0.05, 0.1) is 23.8 Å². The Morgan fingerprint density at radius 2 is 2.32 bits per heavy atom. The van der Waals surface area contributed by atoms with E-state index in [1.165, 1.54) is 0 Å². The summed E-state index contributed by atoms with van der Waals surface area (Å²) in [5.74, 6) is 0.383. The van der Waals surface area contributed by atoms with Gasteiger partial charge in [0.25, 0.3) is 0 Å². The summed E-state index contributed by atoms with van der Waals surface area (Å²) in [5, 5.41) is 5.77. The van der Waals surface area contributed by atoms with E-state index in [-0.39, 0.29) is 24.9 Å². The molecule has 1 aromatic heterocycles. The molecule has 0 radical (unpaired) electrons. The van der Waals surface area contributed by atoms with E-state index in [0.717, 1.165) is 30.1 Å². The molecule has 22 heavy (non-hydrogen) atoms. The number of hydrogen-bond donors (Lipinski definition) is 2. The Kier molecular flexibility index (Phi) is 5.90. The molecule has 0 saturated carbocycles. The van der Waals surface area contributed by atoms with Crippen molar-refractivity contribution in [1.29, 1.82) is 0 Å². The van der Waals surface area contributed by atoms with E-state index in [1.807, 2.05) is 4.90 Å². The molecule has 0 bridgehead atoms. The number of carbonyl (C=O) groups excluding carboxylic acids is 2. The fourth-order valence-corrected chi connectivity index (χ4v) is 3.63. The van der Waals surface area contributed by atoms with Crippen LogP contribution in [0.25, 0.3) is 0 Å². The zero-order valence-corrected chi connectivity index (χ0v) is 14.0. The summed E-state index contributed by atoms with van der Waals surface area (Å²) in [4.78, 5) is 29.8. The first-order valence-corrected chi connectivity index (χ1v) is 8.59. The normalized spacial score (nSPS) is 18.5. The van der Waals surface area contributed by atoms with Gasteiger partial charge in [-0.3, -0.25) is 9.59 Å². The Bertz CT molecular complexity index is 529. The summed E-state index contributed by atoms with van der Waals surface area (Å²) in [6.07, 6.45) is 2.03. The van der Waals surface area contributed by atoms with Crippen LogP contribution >= 0.6 is 11.3 Å². The second-order valence-corrected chi connectivity index (χ2v) is 6.81. The quantitative estimate of drug-likeness (QED) is 0.847. The molecule has 1 aliphatic rings. The smallest absolute Gasteiger partial charge is 0.241 e. The van der Waals surface area contributed by atoms with Crippen LogP contribution in [0.4, 0.5) is 0 Å². The number of nitrogens with one attached hydrogen (secondary N) is 1. The van der Waals surface area contributed by atoms with Crippen molar-refractivity contribution in [1.82, 2.24) is 15.2 Å². The van der Waals surface area contributed by atoms with E-state index in [1.54, 1.807) is 11.3 Å². The number of nitrogens with two attached hydrogens (primary N) is 1. The number of hydrogen-bond acceptors (Lipinski definition) is 5. The fourth-order valence-electron chi connectivity index (χ4n) is 2.52. The molecular formula is C15H24N4O2S. The number of thiazole rings is 1. The lowest BCUT2D eigenvalue weighted by molar-refractivity contribution is -0.133. The number of rotatable bonds is 5. The SMILES string of the molecule is CC(C)c1csc(C2CCCN(C(=O)CNC(=O)CN)C2)n1. The molecule has 2 heterocycles. The number of aromatic nitrogens is 1. The van der Waals surface area contributed by atoms with E-state index < -0.39 is 0 Å². The molecule has 2 rings (SSSR count). The molecule has 0 aromatic carbocycles. The summed E-state index contributed by atoms with van der Waals surface area (Å²) in [5.41, 5.74) is 6.34. The van der Waals surface area contributed by atoms with Crippen molar-refractivity contribution in [2.75, 3.05) is 26.2 Å². The van der Waals surface area contributed by atoms with Gasteiger partial charge in [-0.2, -0.15) is 0 Å². The van der Waals surface area contributed by atoms with Gasteiger partial charge in [0, 0.05) is 24.4 Å². The van der Waals surface area contributed by atoms with Crippen LogP contribution in [0.5, 0.6) is 0 Å². The monoisotopic (exact) mass is 324 g/mol. The van der Waals surface area contributed by atoms with Crippen LogP contribution in [0.2, 0.25) is 0 Å². The highest BCUT2D eigenvalue weighted by atomic mass is 32.1. The van der Waals surface area contributed by atoms with Gasteiger partial charge in [0.1, 0.15) is 0 Å². The Morgan fingerprint density at radius 1 is 1.55 bits per heavy atom. The maximum atomic E-state index is 12.2. The third kappa shape index (κ3) is 4.27. The van der Waals surface area contributed by atoms with Crippen molar-refractivity contribution >= 4 is 23.2 Å². The highest BCUT2D eigenvalue weighted by Gasteiger charge is 2.26. The predicted molar refractivity (Wildman–Crippen MR) is 86.8 cm³/mol. The van der Waals surface area contributed by atoms with Crippen LogP contribution in [-0.2, 0) is 9.59 Å². The van der Waals surface area contributed by atoms with E-state index in [2.05, 4.69) is 24.5 Å². The number of nitrogens with zero attached hydrogens (tertiary/aromatic N) is 2. The minimum Gasteiger partial charge on any atom is -0.346 e. The molecule has 1 aliphatic heterocycles. The van der Waals surface area contributed by atoms with Crippen LogP contribution in [-0.4, -0.2) is 47.9 Å². The van der Waals surface area contributed by atoms with Crippen LogP contribution in [0, 0.1) is 0 Å². The average Bonchev–Trinajstić information content (AvgIpc) is 3.02. The van der Waals surface area contributed by atoms with Crippen LogP contribution in [0.15, 0.2) is 5.38 Å². The van der Waals surface area contributed by atoms with Crippen molar-refractivity contribution in [2.45, 2.75) is 38.5 Å². The maximum absolute atomic E-state index is 12.2. The van der Waals surface area contributed by atoms with Crippen molar-refractivity contribution in [2.24, 2.45) is 5.73 Å². The molecule has 0 aliphatic carbocycles. The fraction of sp³-hybridized carbons (Fsp3) is 0.667. The highest BCUT2D eigenvalue weighted by molar-refractivity contribution is 7.09. The Hall–Kier alpha value is -1.47. The molecule has 1 atom stereocenters. The molecule has 7 heteroatoms. The first-order valence-electron chi connectivity index (χ1n) is 7.71. The van der Waals surface area contributed by atoms with E-state index in [9.17, 15) is 9.59 Å². The third-order valence-electron chi connectivity index (χ3n) is 3.88. The second-order valence-electron chi connectivity index (χ2n) is 5.93. The lowest BCUT2D eigenvalue weighted by Gasteiger charge is -2.32. The third-order valence-corrected chi connectivity index (χ3v) is 4.90. The minimum absolute atomic E-state index is 0.0257. The largest absolute Gasteiger partial charge is 0.346 e. The lowest BCUT2D eigenvalue weighted by Crippen LogP contribution is -2.45. The van der Waals surface area contributed by atoms with Crippen molar-refractivity contribution in [3.05, 3.63) is 16.1 Å². The molecule has 1 fully saturated rings. The molecule has 0 spiro atoms. The summed E-state index contributed by atoms with van der Waals surface area (Å²) < 4.78 is 0. The number of carbonyl (C=O) groups is 2. The van der Waals surface area contributed by atoms with E-state index in [0.29, 0.717) is 18.4 Å². The number of amides is 2. The first kappa shape index (κ1) is 16.9. The maximum Gasteiger partial charge on any atom is 0.241 e. The van der Waals surface area contributed by atoms with Gasteiger partial charge in [0.15, 0.2) is 0 Å². The molecule has 6 nitrogen and oxygen atoms in total. The summed E-state index contributed by atoms with van der Waals surface area (Å²) >= 11 is 1.68. The van der Waals surface area contributed by atoms with Crippen molar-refractivity contribution in [3.8, 4) is 0 Å². The van der Waals surface area contributed by atoms with Gasteiger partial charge >= 0.3 is 0 Å². The van der Waals surface area contributed by atoms with Gasteiger partial charge < -0.3 is 16.0 Å². The van der Waals surface area contributed by atoms with Crippen molar-refractivity contribution in [3.63, 3.8) is 0 Å². The summed E-state index contributed by atoms with van der Waals surface area (Å²) in [6, 6.07) is 0. The molecule has 1 unspecified atom stereocenters. The van der Waals surface area contributed by atoms with E-state index in [4.69, 9.17) is 10.7 Å². The summed E-state index contributed by atoms with van der Waals surface area (Å²) in [7, 11) is 0. The van der Waals surface area contributed by atoms with Gasteiger partial charge in [-0.15, -0.1) is 11.3 Å². The minimum atomic E-state index is -0.302. The Labute approximate surface area is 135 Å². The molecular weight excluding hydrogens is 300 g/mol. The van der Waals surface area contributed by atoms with Gasteiger partial charge in [-0.05, 0) is 18.8 Å². The highest BCUT2D eigenvalue weighted by Crippen LogP contribution is 2.30. The van der Waals surface area contributed by atoms with Crippen molar-refractivity contribution < 1.29 is 9.59 Å². The average molecular weight is 324 g/mol. The molecule has 1 aromatic rings. The zero-order valence-electron chi connectivity index (χ0n) is 13.2. The number of piperidine rings is 1. The van der Waals surface area contributed by atoms with Gasteiger partial charge in [-0.1, -0.05) is 13.8 Å². The number of likely N-dealkylation sites (tertiary alicyclic amines) is 1. The Balaban J connectivity index is 1.93. The topological polar surface area (TPSA) is 88.3 Å². The van der Waals surface area contributed by atoms with Crippen LogP contribution < -0.4 is 11.1 Å². The lowest BCUT2D eigenvalue weighted by atomic mass is 9.98. The van der Waals surface area contributed by atoms with Gasteiger partial charge in [-0.25, -0.2) is 4.98 Å². The Morgan fingerprint density at radius 3 is 2.95 bits per heavy atom. The van der Waals surface area contributed by atoms with E-state index >= 15 is 0 Å². The zero-order chi connectivity index (χ0) is 16.1. The second kappa shape index (κ2) is 7.69. The molecule has 122 valence electrons. The predicted octanol–water partition coefficient (Wildman–Crippen LogP) is 1.05. The summed E-state index contributed by atoms with van der Waals surface area (Å²) in [6.45, 7) is 5.63. The molecule has 3 N–H and O–H groups in total. The molecule has 1 saturated heterocycles. The van der Waals surface area contributed by atoms with Crippen LogP contribution in [0.1, 0.15) is 49.2 Å². The van der Waals surface area contributed by atoms with Gasteiger partial charge in [0.2, 0.25) is 11.8 Å².